The van der Waals surface area contributed by atoms with E-state index in [0.29, 0.717) is 6.54 Å². The van der Waals surface area contributed by atoms with Crippen LogP contribution in [-0.4, -0.2) is 36.2 Å². The summed E-state index contributed by atoms with van der Waals surface area (Å²) < 4.78 is 13.9. The maximum Gasteiger partial charge on any atom is 0.118 e. The molecule has 86 valence electrons. The number of rotatable bonds is 1. The second-order valence-electron chi connectivity index (χ2n) is 4.42. The Balaban J connectivity index is 1.89. The first kappa shape index (κ1) is 10.2. The number of halogens is 1. The van der Waals surface area contributed by atoms with Crippen LogP contribution in [0.1, 0.15) is 17.3 Å². The van der Waals surface area contributed by atoms with Crippen molar-refractivity contribution in [2.75, 3.05) is 26.2 Å². The highest BCUT2D eigenvalue weighted by Gasteiger charge is 2.35. The van der Waals surface area contributed by atoms with E-state index < -0.39 is 0 Å². The van der Waals surface area contributed by atoms with Gasteiger partial charge in [0.1, 0.15) is 6.17 Å². The Morgan fingerprint density at radius 3 is 2.75 bits per heavy atom. The molecule has 0 bridgehead atoms. The van der Waals surface area contributed by atoms with Gasteiger partial charge in [-0.15, -0.1) is 9.60 Å². The third-order valence-corrected chi connectivity index (χ3v) is 3.42. The van der Waals surface area contributed by atoms with Crippen LogP contribution in [0.4, 0.5) is 4.48 Å². The Bertz CT molecular complexity index is 376. The second kappa shape index (κ2) is 4.13. The maximum absolute atomic E-state index is 13.9. The summed E-state index contributed by atoms with van der Waals surface area (Å²) >= 11 is 0. The maximum atomic E-state index is 13.9. The van der Waals surface area contributed by atoms with Gasteiger partial charge in [0.25, 0.3) is 0 Å². The van der Waals surface area contributed by atoms with Crippen molar-refractivity contribution in [3.63, 3.8) is 0 Å². The second-order valence-corrected chi connectivity index (χ2v) is 4.42. The van der Waals surface area contributed by atoms with Gasteiger partial charge in [-0.3, -0.25) is 4.90 Å². The van der Waals surface area contributed by atoms with Crippen molar-refractivity contribution in [1.82, 2.24) is 15.3 Å². The van der Waals surface area contributed by atoms with E-state index >= 15 is 0 Å². The van der Waals surface area contributed by atoms with E-state index in [1.165, 1.54) is 0 Å². The molecule has 1 fully saturated rings. The number of nitrogens with zero attached hydrogens (tertiary/aromatic N) is 2. The molecule has 1 saturated heterocycles. The SMILES string of the molecule is FN1Cc2ccccc2C1N1CCNCC1. The molecule has 2 aliphatic heterocycles. The first-order valence-electron chi connectivity index (χ1n) is 5.81. The van der Waals surface area contributed by atoms with Crippen LogP contribution in [0.2, 0.25) is 0 Å². The fourth-order valence-corrected chi connectivity index (χ4v) is 2.63. The first-order chi connectivity index (χ1) is 7.86. The molecule has 2 heterocycles. The van der Waals surface area contributed by atoms with Gasteiger partial charge in [-0.1, -0.05) is 24.3 Å². The van der Waals surface area contributed by atoms with Gasteiger partial charge in [-0.05, 0) is 11.1 Å². The highest BCUT2D eigenvalue weighted by Crippen LogP contribution is 2.36. The fraction of sp³-hybridized carbons (Fsp3) is 0.500. The quantitative estimate of drug-likeness (QED) is 0.721. The molecule has 3 rings (SSSR count). The van der Waals surface area contributed by atoms with Gasteiger partial charge in [-0.25, -0.2) is 0 Å². The Hall–Kier alpha value is -0.970. The lowest BCUT2D eigenvalue weighted by molar-refractivity contribution is -0.0902. The van der Waals surface area contributed by atoms with E-state index in [4.69, 9.17) is 0 Å². The minimum absolute atomic E-state index is 0.168. The molecule has 0 aromatic heterocycles. The highest BCUT2D eigenvalue weighted by atomic mass is 19.2. The zero-order valence-electron chi connectivity index (χ0n) is 9.19. The Labute approximate surface area is 94.8 Å². The first-order valence-corrected chi connectivity index (χ1v) is 5.81. The third kappa shape index (κ3) is 1.63. The molecule has 0 aliphatic carbocycles. The standard InChI is InChI=1S/C12H16FN3/c13-16-9-10-3-1-2-4-11(10)12(16)15-7-5-14-6-8-15/h1-4,12,14H,5-9H2. The third-order valence-electron chi connectivity index (χ3n) is 3.42. The van der Waals surface area contributed by atoms with E-state index in [-0.39, 0.29) is 6.17 Å². The topological polar surface area (TPSA) is 18.5 Å². The van der Waals surface area contributed by atoms with E-state index in [1.807, 2.05) is 24.3 Å². The van der Waals surface area contributed by atoms with Gasteiger partial charge in [0, 0.05) is 26.2 Å². The van der Waals surface area contributed by atoms with Crippen LogP contribution in [0, 0.1) is 0 Å². The van der Waals surface area contributed by atoms with Gasteiger partial charge >= 0.3 is 0 Å². The summed E-state index contributed by atoms with van der Waals surface area (Å²) in [6.45, 7) is 4.16. The number of fused-ring (bicyclic) bond motifs is 1. The van der Waals surface area contributed by atoms with Crippen LogP contribution in [0.25, 0.3) is 0 Å². The smallest absolute Gasteiger partial charge is 0.118 e. The lowest BCUT2D eigenvalue weighted by Gasteiger charge is -2.34. The fourth-order valence-electron chi connectivity index (χ4n) is 2.63. The Kier molecular flexibility index (Phi) is 2.63. The molecule has 1 aromatic rings. The van der Waals surface area contributed by atoms with Gasteiger partial charge in [0.05, 0.1) is 6.54 Å². The molecule has 1 unspecified atom stereocenters. The number of benzene rings is 1. The summed E-state index contributed by atoms with van der Waals surface area (Å²) in [6, 6.07) is 8.03. The predicted molar refractivity (Wildman–Crippen MR) is 60.3 cm³/mol. The number of hydrogen-bond acceptors (Lipinski definition) is 3. The molecule has 0 spiro atoms. The molecule has 0 saturated carbocycles. The van der Waals surface area contributed by atoms with Crippen molar-refractivity contribution in [3.05, 3.63) is 35.4 Å². The van der Waals surface area contributed by atoms with Gasteiger partial charge in [0.15, 0.2) is 0 Å². The average molecular weight is 221 g/mol. The number of piperazine rings is 1. The van der Waals surface area contributed by atoms with Crippen LogP contribution in [0.15, 0.2) is 24.3 Å². The molecule has 1 atom stereocenters. The molecule has 0 amide bonds. The molecule has 1 aromatic carbocycles. The summed E-state index contributed by atoms with van der Waals surface area (Å²) in [7, 11) is 0. The normalized spacial score (nSPS) is 26.9. The molecule has 2 aliphatic rings. The van der Waals surface area contributed by atoms with Crippen LogP contribution < -0.4 is 5.32 Å². The number of hydrogen-bond donors (Lipinski definition) is 1. The summed E-state index contributed by atoms with van der Waals surface area (Å²) in [5, 5.41) is 4.25. The van der Waals surface area contributed by atoms with E-state index in [1.54, 1.807) is 0 Å². The van der Waals surface area contributed by atoms with Gasteiger partial charge in [-0.2, -0.15) is 0 Å². The number of nitrogens with one attached hydrogen (secondary N) is 1. The molecule has 0 radical (unpaired) electrons. The summed E-state index contributed by atoms with van der Waals surface area (Å²) in [6.07, 6.45) is -0.168. The Morgan fingerprint density at radius 1 is 1.19 bits per heavy atom. The van der Waals surface area contributed by atoms with Crippen molar-refractivity contribution in [2.24, 2.45) is 0 Å². The summed E-state index contributed by atoms with van der Waals surface area (Å²) in [4.78, 5) is 2.21. The summed E-state index contributed by atoms with van der Waals surface area (Å²) in [5.41, 5.74) is 2.25. The lowest BCUT2D eigenvalue weighted by atomic mass is 10.1. The average Bonchev–Trinajstić information content (AvgIpc) is 2.66. The molecule has 4 heteroatoms. The van der Waals surface area contributed by atoms with Crippen LogP contribution >= 0.6 is 0 Å². The zero-order valence-corrected chi connectivity index (χ0v) is 9.19. The van der Waals surface area contributed by atoms with Crippen molar-refractivity contribution >= 4 is 0 Å². The van der Waals surface area contributed by atoms with Crippen LogP contribution in [0.5, 0.6) is 0 Å². The molecular formula is C12H16FN3. The van der Waals surface area contributed by atoms with E-state index in [2.05, 4.69) is 10.2 Å². The van der Waals surface area contributed by atoms with E-state index in [0.717, 1.165) is 42.4 Å². The van der Waals surface area contributed by atoms with Gasteiger partial charge in [0.2, 0.25) is 0 Å². The van der Waals surface area contributed by atoms with Crippen LogP contribution in [0.3, 0.4) is 0 Å². The van der Waals surface area contributed by atoms with Crippen molar-refractivity contribution < 1.29 is 4.48 Å². The highest BCUT2D eigenvalue weighted by molar-refractivity contribution is 5.33. The molecular weight excluding hydrogens is 205 g/mol. The zero-order chi connectivity index (χ0) is 11.0. The minimum Gasteiger partial charge on any atom is -0.314 e. The van der Waals surface area contributed by atoms with Crippen molar-refractivity contribution in [1.29, 1.82) is 0 Å². The minimum atomic E-state index is -0.168. The summed E-state index contributed by atoms with van der Waals surface area (Å²) in [5.74, 6) is 0. The van der Waals surface area contributed by atoms with E-state index in [9.17, 15) is 4.48 Å². The molecule has 1 N–H and O–H groups in total. The van der Waals surface area contributed by atoms with Crippen molar-refractivity contribution in [2.45, 2.75) is 12.7 Å². The molecule has 16 heavy (non-hydrogen) atoms. The molecule has 3 nitrogen and oxygen atoms in total. The predicted octanol–water partition coefficient (Wildman–Crippen LogP) is 1.29. The lowest BCUT2D eigenvalue weighted by Crippen LogP contribution is -2.47. The monoisotopic (exact) mass is 221 g/mol. The van der Waals surface area contributed by atoms with Crippen molar-refractivity contribution in [3.8, 4) is 0 Å². The largest absolute Gasteiger partial charge is 0.314 e. The van der Waals surface area contributed by atoms with Crippen LogP contribution in [-0.2, 0) is 6.54 Å². The Morgan fingerprint density at radius 2 is 1.94 bits per heavy atom. The van der Waals surface area contributed by atoms with Gasteiger partial charge < -0.3 is 5.32 Å².